The number of fused-ring (bicyclic) bond motifs is 1. The van der Waals surface area contributed by atoms with Crippen molar-refractivity contribution < 1.29 is 9.15 Å². The number of para-hydroxylation sites is 1. The summed E-state index contributed by atoms with van der Waals surface area (Å²) in [5.41, 5.74) is 6.72. The van der Waals surface area contributed by atoms with Crippen LogP contribution in [0.4, 0.5) is 5.69 Å². The first-order valence-electron chi connectivity index (χ1n) is 7.11. The highest BCUT2D eigenvalue weighted by Crippen LogP contribution is 2.28. The summed E-state index contributed by atoms with van der Waals surface area (Å²) in [5.74, 6) is 1.45. The minimum Gasteiger partial charge on any atom is -0.493 e. The van der Waals surface area contributed by atoms with Crippen LogP contribution in [0.25, 0.3) is 11.0 Å². The molecule has 0 amide bonds. The summed E-state index contributed by atoms with van der Waals surface area (Å²) in [6, 6.07) is 15.9. The van der Waals surface area contributed by atoms with Gasteiger partial charge in [0.25, 0.3) is 0 Å². The van der Waals surface area contributed by atoms with Crippen molar-refractivity contribution in [2.24, 2.45) is 5.10 Å². The molecule has 3 aromatic rings. The van der Waals surface area contributed by atoms with E-state index in [1.165, 1.54) is 5.56 Å². The standard InChI is InChI=1S/C18H18N2O2/c1-12-7-9-15(10-8-12)20-19-13(2)17-11-14-5-4-6-16(21-3)18(14)22-17/h4-11,20H,1-3H3/b19-13-. The van der Waals surface area contributed by atoms with E-state index in [-0.39, 0.29) is 0 Å². The fourth-order valence-corrected chi connectivity index (χ4v) is 2.21. The fourth-order valence-electron chi connectivity index (χ4n) is 2.21. The summed E-state index contributed by atoms with van der Waals surface area (Å²) < 4.78 is 11.2. The second-order valence-corrected chi connectivity index (χ2v) is 5.16. The van der Waals surface area contributed by atoms with E-state index >= 15 is 0 Å². The highest BCUT2D eigenvalue weighted by molar-refractivity contribution is 6.00. The summed E-state index contributed by atoms with van der Waals surface area (Å²) in [6.45, 7) is 3.96. The molecule has 4 heteroatoms. The van der Waals surface area contributed by atoms with Gasteiger partial charge in [-0.25, -0.2) is 0 Å². The highest BCUT2D eigenvalue weighted by Gasteiger charge is 2.10. The fraction of sp³-hybridized carbons (Fsp3) is 0.167. The lowest BCUT2D eigenvalue weighted by Crippen LogP contribution is -1.98. The van der Waals surface area contributed by atoms with Crippen LogP contribution in [0.2, 0.25) is 0 Å². The smallest absolute Gasteiger partial charge is 0.176 e. The largest absolute Gasteiger partial charge is 0.493 e. The molecule has 0 unspecified atom stereocenters. The van der Waals surface area contributed by atoms with Crippen molar-refractivity contribution in [2.45, 2.75) is 13.8 Å². The molecule has 1 N–H and O–H groups in total. The van der Waals surface area contributed by atoms with Crippen molar-refractivity contribution in [3.05, 3.63) is 59.9 Å². The molecule has 1 heterocycles. The number of methoxy groups -OCH3 is 1. The molecule has 0 bridgehead atoms. The van der Waals surface area contributed by atoms with E-state index in [0.717, 1.165) is 33.9 Å². The molecule has 112 valence electrons. The summed E-state index contributed by atoms with van der Waals surface area (Å²) in [5, 5.41) is 5.38. The Morgan fingerprint density at radius 2 is 1.91 bits per heavy atom. The van der Waals surface area contributed by atoms with E-state index in [1.54, 1.807) is 7.11 Å². The molecular weight excluding hydrogens is 276 g/mol. The summed E-state index contributed by atoms with van der Waals surface area (Å²) in [4.78, 5) is 0. The molecule has 0 aliphatic rings. The number of ether oxygens (including phenoxy) is 1. The predicted octanol–water partition coefficient (Wildman–Crippen LogP) is 4.59. The Labute approximate surface area is 129 Å². The van der Waals surface area contributed by atoms with Crippen molar-refractivity contribution in [3.63, 3.8) is 0 Å². The number of hydrogen-bond donors (Lipinski definition) is 1. The van der Waals surface area contributed by atoms with Crippen molar-refractivity contribution in [3.8, 4) is 5.75 Å². The van der Waals surface area contributed by atoms with Crippen molar-refractivity contribution in [1.29, 1.82) is 0 Å². The van der Waals surface area contributed by atoms with Gasteiger partial charge in [-0.3, -0.25) is 5.43 Å². The molecule has 0 saturated carbocycles. The van der Waals surface area contributed by atoms with Gasteiger partial charge in [-0.2, -0.15) is 5.10 Å². The Hall–Kier alpha value is -2.75. The third-order valence-corrected chi connectivity index (χ3v) is 3.49. The molecule has 3 rings (SSSR count). The molecule has 0 saturated heterocycles. The first-order chi connectivity index (χ1) is 10.7. The average molecular weight is 294 g/mol. The molecule has 0 atom stereocenters. The minimum absolute atomic E-state index is 0.721. The van der Waals surface area contributed by atoms with Gasteiger partial charge in [0, 0.05) is 5.39 Å². The van der Waals surface area contributed by atoms with E-state index in [0.29, 0.717) is 0 Å². The normalized spacial score (nSPS) is 11.7. The van der Waals surface area contributed by atoms with E-state index < -0.39 is 0 Å². The first kappa shape index (κ1) is 14.2. The van der Waals surface area contributed by atoms with Gasteiger partial charge in [0.05, 0.1) is 12.8 Å². The lowest BCUT2D eigenvalue weighted by Gasteiger charge is -2.02. The van der Waals surface area contributed by atoms with Crippen LogP contribution in [0.15, 0.2) is 58.0 Å². The zero-order valence-corrected chi connectivity index (χ0v) is 12.9. The number of benzene rings is 2. The molecule has 22 heavy (non-hydrogen) atoms. The molecule has 0 spiro atoms. The molecule has 0 radical (unpaired) electrons. The number of aryl methyl sites for hydroxylation is 1. The summed E-state index contributed by atoms with van der Waals surface area (Å²) in [6.07, 6.45) is 0. The Morgan fingerprint density at radius 3 is 2.64 bits per heavy atom. The maximum Gasteiger partial charge on any atom is 0.176 e. The van der Waals surface area contributed by atoms with E-state index in [9.17, 15) is 0 Å². The second kappa shape index (κ2) is 5.93. The van der Waals surface area contributed by atoms with Crippen LogP contribution < -0.4 is 10.2 Å². The summed E-state index contributed by atoms with van der Waals surface area (Å²) >= 11 is 0. The maximum absolute atomic E-state index is 5.86. The topological polar surface area (TPSA) is 46.8 Å². The Kier molecular flexibility index (Phi) is 3.83. The van der Waals surface area contributed by atoms with Crippen LogP contribution in [0.3, 0.4) is 0 Å². The average Bonchev–Trinajstić information content (AvgIpc) is 2.98. The Balaban J connectivity index is 1.86. The van der Waals surface area contributed by atoms with Crippen molar-refractivity contribution in [1.82, 2.24) is 0 Å². The highest BCUT2D eigenvalue weighted by atomic mass is 16.5. The summed E-state index contributed by atoms with van der Waals surface area (Å²) in [7, 11) is 1.64. The lowest BCUT2D eigenvalue weighted by atomic mass is 10.2. The van der Waals surface area contributed by atoms with E-state index in [4.69, 9.17) is 9.15 Å². The van der Waals surface area contributed by atoms with Crippen LogP contribution in [-0.2, 0) is 0 Å². The maximum atomic E-state index is 5.86. The van der Waals surface area contributed by atoms with Crippen molar-refractivity contribution in [2.75, 3.05) is 12.5 Å². The van der Waals surface area contributed by atoms with Gasteiger partial charge in [-0.1, -0.05) is 29.8 Å². The van der Waals surface area contributed by atoms with Gasteiger partial charge in [0.2, 0.25) is 0 Å². The van der Waals surface area contributed by atoms with Crippen LogP contribution in [0, 0.1) is 6.92 Å². The third kappa shape index (κ3) is 2.81. The second-order valence-electron chi connectivity index (χ2n) is 5.16. The van der Waals surface area contributed by atoms with Crippen LogP contribution in [0.5, 0.6) is 5.75 Å². The Bertz CT molecular complexity index is 817. The number of hydrogen-bond acceptors (Lipinski definition) is 4. The number of nitrogens with one attached hydrogen (secondary N) is 1. The number of furan rings is 1. The SMILES string of the molecule is COc1cccc2cc(/C(C)=N\Nc3ccc(C)cc3)oc12. The van der Waals surface area contributed by atoms with E-state index in [2.05, 4.69) is 17.5 Å². The van der Waals surface area contributed by atoms with Gasteiger partial charge in [0.1, 0.15) is 5.71 Å². The quantitative estimate of drug-likeness (QED) is 0.565. The van der Waals surface area contributed by atoms with E-state index in [1.807, 2.05) is 55.5 Å². The Morgan fingerprint density at radius 1 is 1.14 bits per heavy atom. The molecule has 0 aliphatic carbocycles. The molecule has 1 aromatic heterocycles. The first-order valence-corrected chi connectivity index (χ1v) is 7.11. The monoisotopic (exact) mass is 294 g/mol. The van der Waals surface area contributed by atoms with Gasteiger partial charge in [-0.15, -0.1) is 0 Å². The van der Waals surface area contributed by atoms with Crippen LogP contribution in [0.1, 0.15) is 18.2 Å². The third-order valence-electron chi connectivity index (χ3n) is 3.49. The minimum atomic E-state index is 0.721. The van der Waals surface area contributed by atoms with Crippen molar-refractivity contribution >= 4 is 22.4 Å². The number of hydrazone groups is 1. The zero-order valence-electron chi connectivity index (χ0n) is 12.9. The zero-order chi connectivity index (χ0) is 15.5. The molecule has 0 fully saturated rings. The van der Waals surface area contributed by atoms with Crippen LogP contribution in [-0.4, -0.2) is 12.8 Å². The molecular formula is C18H18N2O2. The van der Waals surface area contributed by atoms with Gasteiger partial charge in [-0.05, 0) is 38.1 Å². The molecule has 0 aliphatic heterocycles. The van der Waals surface area contributed by atoms with Crippen LogP contribution >= 0.6 is 0 Å². The van der Waals surface area contributed by atoms with Gasteiger partial charge >= 0.3 is 0 Å². The van der Waals surface area contributed by atoms with Gasteiger partial charge in [0.15, 0.2) is 17.1 Å². The lowest BCUT2D eigenvalue weighted by molar-refractivity contribution is 0.410. The number of anilines is 1. The molecule has 2 aromatic carbocycles. The number of nitrogens with zero attached hydrogens (tertiary/aromatic N) is 1. The number of rotatable bonds is 4. The predicted molar refractivity (Wildman–Crippen MR) is 89.8 cm³/mol. The van der Waals surface area contributed by atoms with Gasteiger partial charge < -0.3 is 9.15 Å². The molecule has 4 nitrogen and oxygen atoms in total.